The quantitative estimate of drug-likeness (QED) is 0.797. The SMILES string of the molecule is Cc1ccc(NC(=O)CN(C)C(=O)c2ccnc3ccccc23)cc1. The number of rotatable bonds is 4. The molecular weight excluding hydrogens is 314 g/mol. The first kappa shape index (κ1) is 16.6. The topological polar surface area (TPSA) is 62.3 Å². The third-order valence-corrected chi connectivity index (χ3v) is 3.94. The average molecular weight is 333 g/mol. The fraction of sp³-hybridized carbons (Fsp3) is 0.150. The van der Waals surface area contributed by atoms with Crippen molar-refractivity contribution >= 4 is 28.4 Å². The van der Waals surface area contributed by atoms with Crippen LogP contribution in [-0.4, -0.2) is 35.3 Å². The summed E-state index contributed by atoms with van der Waals surface area (Å²) < 4.78 is 0. The highest BCUT2D eigenvalue weighted by Gasteiger charge is 2.17. The van der Waals surface area contributed by atoms with Gasteiger partial charge in [-0.15, -0.1) is 0 Å². The number of nitrogens with zero attached hydrogens (tertiary/aromatic N) is 2. The Morgan fingerprint density at radius 3 is 2.52 bits per heavy atom. The van der Waals surface area contributed by atoms with Gasteiger partial charge in [0.15, 0.2) is 0 Å². The van der Waals surface area contributed by atoms with E-state index in [9.17, 15) is 9.59 Å². The van der Waals surface area contributed by atoms with Gasteiger partial charge in [-0.2, -0.15) is 0 Å². The van der Waals surface area contributed by atoms with E-state index in [0.717, 1.165) is 16.5 Å². The van der Waals surface area contributed by atoms with Gasteiger partial charge in [-0.3, -0.25) is 14.6 Å². The van der Waals surface area contributed by atoms with Gasteiger partial charge in [-0.05, 0) is 31.2 Å². The summed E-state index contributed by atoms with van der Waals surface area (Å²) in [5.74, 6) is -0.448. The third-order valence-electron chi connectivity index (χ3n) is 3.94. The molecule has 2 aromatic carbocycles. The van der Waals surface area contributed by atoms with Crippen LogP contribution in [0.3, 0.4) is 0 Å². The fourth-order valence-electron chi connectivity index (χ4n) is 2.61. The van der Waals surface area contributed by atoms with Crippen LogP contribution in [0.5, 0.6) is 0 Å². The Balaban J connectivity index is 1.71. The number of nitrogens with one attached hydrogen (secondary N) is 1. The van der Waals surface area contributed by atoms with E-state index >= 15 is 0 Å². The lowest BCUT2D eigenvalue weighted by molar-refractivity contribution is -0.116. The van der Waals surface area contributed by atoms with Crippen LogP contribution in [0, 0.1) is 6.92 Å². The zero-order valence-corrected chi connectivity index (χ0v) is 14.2. The van der Waals surface area contributed by atoms with Crippen molar-refractivity contribution in [3.05, 3.63) is 71.9 Å². The highest BCUT2D eigenvalue weighted by atomic mass is 16.2. The summed E-state index contributed by atoms with van der Waals surface area (Å²) >= 11 is 0. The first-order valence-electron chi connectivity index (χ1n) is 8.00. The number of aromatic nitrogens is 1. The molecule has 3 aromatic rings. The molecule has 0 bridgehead atoms. The van der Waals surface area contributed by atoms with Crippen LogP contribution >= 0.6 is 0 Å². The highest BCUT2D eigenvalue weighted by molar-refractivity contribution is 6.07. The van der Waals surface area contributed by atoms with Gasteiger partial charge in [0.25, 0.3) is 5.91 Å². The lowest BCUT2D eigenvalue weighted by atomic mass is 10.1. The van der Waals surface area contributed by atoms with Crippen molar-refractivity contribution < 1.29 is 9.59 Å². The normalized spacial score (nSPS) is 10.5. The molecular formula is C20H19N3O2. The Hall–Kier alpha value is -3.21. The molecule has 1 aromatic heterocycles. The van der Waals surface area contributed by atoms with Gasteiger partial charge in [0.2, 0.25) is 5.91 Å². The summed E-state index contributed by atoms with van der Waals surface area (Å²) in [6.07, 6.45) is 1.61. The molecule has 126 valence electrons. The Morgan fingerprint density at radius 1 is 1.04 bits per heavy atom. The van der Waals surface area contributed by atoms with Crippen molar-refractivity contribution in [2.24, 2.45) is 0 Å². The number of benzene rings is 2. The third kappa shape index (κ3) is 3.83. The molecule has 0 radical (unpaired) electrons. The molecule has 0 aliphatic rings. The second kappa shape index (κ2) is 7.13. The first-order valence-corrected chi connectivity index (χ1v) is 8.00. The van der Waals surface area contributed by atoms with Crippen molar-refractivity contribution in [2.75, 3.05) is 18.9 Å². The summed E-state index contributed by atoms with van der Waals surface area (Å²) in [5, 5.41) is 3.58. The van der Waals surface area contributed by atoms with E-state index in [1.807, 2.05) is 55.5 Å². The van der Waals surface area contributed by atoms with Crippen LogP contribution < -0.4 is 5.32 Å². The predicted octanol–water partition coefficient (Wildman–Crippen LogP) is 3.25. The number of hydrogen-bond acceptors (Lipinski definition) is 3. The number of pyridine rings is 1. The molecule has 5 heteroatoms. The molecule has 1 heterocycles. The number of anilines is 1. The van der Waals surface area contributed by atoms with E-state index in [1.54, 1.807) is 19.3 Å². The number of aryl methyl sites for hydroxylation is 1. The van der Waals surface area contributed by atoms with E-state index < -0.39 is 0 Å². The molecule has 25 heavy (non-hydrogen) atoms. The standard InChI is InChI=1S/C20H19N3O2/c1-14-7-9-15(10-8-14)22-19(24)13-23(2)20(25)17-11-12-21-18-6-4-3-5-16(17)18/h3-12H,13H2,1-2H3,(H,22,24). The molecule has 0 unspecified atom stereocenters. The van der Waals surface area contributed by atoms with Crippen molar-refractivity contribution in [1.82, 2.24) is 9.88 Å². The second-order valence-corrected chi connectivity index (χ2v) is 5.95. The molecule has 3 rings (SSSR count). The Kier molecular flexibility index (Phi) is 4.75. The first-order chi connectivity index (χ1) is 12.0. The number of amides is 2. The summed E-state index contributed by atoms with van der Waals surface area (Å²) in [4.78, 5) is 30.6. The zero-order chi connectivity index (χ0) is 17.8. The van der Waals surface area contributed by atoms with E-state index in [1.165, 1.54) is 4.90 Å². The minimum atomic E-state index is -0.238. The monoisotopic (exact) mass is 333 g/mol. The van der Waals surface area contributed by atoms with Crippen molar-refractivity contribution in [2.45, 2.75) is 6.92 Å². The smallest absolute Gasteiger partial charge is 0.254 e. The molecule has 0 spiro atoms. The van der Waals surface area contributed by atoms with Crippen molar-refractivity contribution in [1.29, 1.82) is 0 Å². The maximum absolute atomic E-state index is 12.7. The minimum absolute atomic E-state index is 0.0244. The number of likely N-dealkylation sites (N-methyl/N-ethyl adjacent to an activating group) is 1. The van der Waals surface area contributed by atoms with Crippen molar-refractivity contribution in [3.63, 3.8) is 0 Å². The summed E-state index contributed by atoms with van der Waals surface area (Å²) in [5.41, 5.74) is 3.13. The zero-order valence-electron chi connectivity index (χ0n) is 14.2. The maximum Gasteiger partial charge on any atom is 0.254 e. The molecule has 1 N–H and O–H groups in total. The van der Waals surface area contributed by atoms with Gasteiger partial charge >= 0.3 is 0 Å². The highest BCUT2D eigenvalue weighted by Crippen LogP contribution is 2.17. The van der Waals surface area contributed by atoms with E-state index in [-0.39, 0.29) is 18.4 Å². The largest absolute Gasteiger partial charge is 0.332 e. The summed E-state index contributed by atoms with van der Waals surface area (Å²) in [7, 11) is 1.62. The Labute approximate surface area is 146 Å². The average Bonchev–Trinajstić information content (AvgIpc) is 2.62. The molecule has 0 aliphatic carbocycles. The molecule has 0 atom stereocenters. The van der Waals surface area contributed by atoms with E-state index in [2.05, 4.69) is 10.3 Å². The minimum Gasteiger partial charge on any atom is -0.332 e. The van der Waals surface area contributed by atoms with Gasteiger partial charge in [0.1, 0.15) is 0 Å². The van der Waals surface area contributed by atoms with Gasteiger partial charge in [-0.25, -0.2) is 0 Å². The molecule has 0 fully saturated rings. The predicted molar refractivity (Wildman–Crippen MR) is 98.5 cm³/mol. The second-order valence-electron chi connectivity index (χ2n) is 5.95. The molecule has 0 saturated heterocycles. The molecule has 0 aliphatic heterocycles. The van der Waals surface area contributed by atoms with Gasteiger partial charge < -0.3 is 10.2 Å². The van der Waals surface area contributed by atoms with Crippen LogP contribution in [0.1, 0.15) is 15.9 Å². The number of para-hydroxylation sites is 1. The maximum atomic E-state index is 12.7. The number of hydrogen-bond donors (Lipinski definition) is 1. The van der Waals surface area contributed by atoms with E-state index in [4.69, 9.17) is 0 Å². The lowest BCUT2D eigenvalue weighted by Crippen LogP contribution is -2.35. The Bertz CT molecular complexity index is 914. The van der Waals surface area contributed by atoms with Crippen LogP contribution in [-0.2, 0) is 4.79 Å². The van der Waals surface area contributed by atoms with Gasteiger partial charge in [0, 0.05) is 24.3 Å². The van der Waals surface area contributed by atoms with Crippen molar-refractivity contribution in [3.8, 4) is 0 Å². The number of carbonyl (C=O) groups is 2. The summed E-state index contributed by atoms with van der Waals surface area (Å²) in [6.45, 7) is 1.96. The van der Waals surface area contributed by atoms with E-state index in [0.29, 0.717) is 11.3 Å². The molecule has 0 saturated carbocycles. The molecule has 5 nitrogen and oxygen atoms in total. The van der Waals surface area contributed by atoms with Crippen LogP contribution in [0.15, 0.2) is 60.8 Å². The number of fused-ring (bicyclic) bond motifs is 1. The fourth-order valence-corrected chi connectivity index (χ4v) is 2.61. The van der Waals surface area contributed by atoms with Crippen LogP contribution in [0.25, 0.3) is 10.9 Å². The van der Waals surface area contributed by atoms with Crippen LogP contribution in [0.4, 0.5) is 5.69 Å². The number of carbonyl (C=O) groups excluding carboxylic acids is 2. The summed E-state index contributed by atoms with van der Waals surface area (Å²) in [6, 6.07) is 16.7. The lowest BCUT2D eigenvalue weighted by Gasteiger charge is -2.18. The van der Waals surface area contributed by atoms with Crippen LogP contribution in [0.2, 0.25) is 0 Å². The Morgan fingerprint density at radius 2 is 1.76 bits per heavy atom. The van der Waals surface area contributed by atoms with Gasteiger partial charge in [-0.1, -0.05) is 35.9 Å². The molecule has 2 amide bonds. The van der Waals surface area contributed by atoms with Gasteiger partial charge in [0.05, 0.1) is 17.6 Å².